The molecule has 80 valence electrons. The monoisotopic (exact) mass is 198 g/mol. The summed E-state index contributed by atoms with van der Waals surface area (Å²) in [5, 5.41) is 2.71. The molecule has 1 aliphatic rings. The summed E-state index contributed by atoms with van der Waals surface area (Å²) >= 11 is 0. The predicted octanol–water partition coefficient (Wildman–Crippen LogP) is 0.381. The molecule has 0 saturated carbocycles. The first-order valence-corrected chi connectivity index (χ1v) is 5.24. The summed E-state index contributed by atoms with van der Waals surface area (Å²) in [4.78, 5) is 24.6. The second-order valence-corrected chi connectivity index (χ2v) is 3.62. The van der Waals surface area contributed by atoms with Crippen LogP contribution in [-0.4, -0.2) is 36.3 Å². The fourth-order valence-corrected chi connectivity index (χ4v) is 1.72. The molecule has 0 bridgehead atoms. The van der Waals surface area contributed by atoms with E-state index in [0.717, 1.165) is 12.8 Å². The van der Waals surface area contributed by atoms with Crippen molar-refractivity contribution < 1.29 is 9.59 Å². The highest BCUT2D eigenvalue weighted by molar-refractivity contribution is 5.86. The van der Waals surface area contributed by atoms with E-state index in [-0.39, 0.29) is 24.3 Å². The smallest absolute Gasteiger partial charge is 0.239 e. The third-order valence-corrected chi connectivity index (χ3v) is 2.68. The lowest BCUT2D eigenvalue weighted by Gasteiger charge is -2.29. The van der Waals surface area contributed by atoms with E-state index in [0.29, 0.717) is 13.1 Å². The number of hydrogen-bond donors (Lipinski definition) is 1. The molecule has 0 aromatic rings. The van der Waals surface area contributed by atoms with E-state index in [4.69, 9.17) is 0 Å². The highest BCUT2D eigenvalue weighted by atomic mass is 16.2. The normalized spacial score (nSPS) is 17.1. The summed E-state index contributed by atoms with van der Waals surface area (Å²) in [6.45, 7) is 5.49. The lowest BCUT2D eigenvalue weighted by Crippen LogP contribution is -2.51. The number of nitrogens with zero attached hydrogens (tertiary/aromatic N) is 1. The average molecular weight is 198 g/mol. The van der Waals surface area contributed by atoms with Gasteiger partial charge in [-0.15, -0.1) is 0 Å². The zero-order chi connectivity index (χ0) is 10.6. The zero-order valence-electron chi connectivity index (χ0n) is 8.88. The Morgan fingerprint density at radius 1 is 1.50 bits per heavy atom. The Labute approximate surface area is 84.7 Å². The third kappa shape index (κ3) is 2.47. The van der Waals surface area contributed by atoms with Crippen molar-refractivity contribution in [2.75, 3.05) is 19.6 Å². The van der Waals surface area contributed by atoms with Gasteiger partial charge in [0.05, 0.1) is 6.54 Å². The van der Waals surface area contributed by atoms with Crippen LogP contribution in [0.1, 0.15) is 26.7 Å². The number of rotatable bonds is 3. The number of carbonyl (C=O) groups is 2. The van der Waals surface area contributed by atoms with Gasteiger partial charge in [0.15, 0.2) is 0 Å². The van der Waals surface area contributed by atoms with Gasteiger partial charge in [-0.1, -0.05) is 13.8 Å². The minimum atomic E-state index is -0.0458. The molecule has 0 atom stereocenters. The first kappa shape index (κ1) is 11.0. The van der Waals surface area contributed by atoms with Gasteiger partial charge < -0.3 is 10.2 Å². The van der Waals surface area contributed by atoms with E-state index in [1.807, 2.05) is 13.8 Å². The van der Waals surface area contributed by atoms with Crippen LogP contribution in [0.15, 0.2) is 0 Å². The number of hydrogen-bond acceptors (Lipinski definition) is 2. The van der Waals surface area contributed by atoms with Gasteiger partial charge in [0, 0.05) is 19.0 Å². The molecule has 4 nitrogen and oxygen atoms in total. The molecular formula is C10H18N2O2. The van der Waals surface area contributed by atoms with E-state index in [9.17, 15) is 9.59 Å². The summed E-state index contributed by atoms with van der Waals surface area (Å²) in [6, 6.07) is 0. The third-order valence-electron chi connectivity index (χ3n) is 2.68. The van der Waals surface area contributed by atoms with Crippen molar-refractivity contribution in [2.45, 2.75) is 26.7 Å². The van der Waals surface area contributed by atoms with Crippen LogP contribution >= 0.6 is 0 Å². The van der Waals surface area contributed by atoms with Crippen LogP contribution in [0.3, 0.4) is 0 Å². The van der Waals surface area contributed by atoms with Gasteiger partial charge in [0.1, 0.15) is 0 Å². The molecule has 0 aromatic heterocycles. The molecule has 1 fully saturated rings. The minimum Gasteiger partial charge on any atom is -0.353 e. The van der Waals surface area contributed by atoms with Crippen LogP contribution in [-0.2, 0) is 9.59 Å². The molecule has 2 amide bonds. The Balaban J connectivity index is 2.54. The summed E-state index contributed by atoms with van der Waals surface area (Å²) in [6.07, 6.45) is 1.71. The second kappa shape index (κ2) is 4.98. The van der Waals surface area contributed by atoms with Crippen molar-refractivity contribution in [3.8, 4) is 0 Å². The Hall–Kier alpha value is -1.06. The van der Waals surface area contributed by atoms with Gasteiger partial charge in [0.2, 0.25) is 11.8 Å². The Bertz CT molecular complexity index is 224. The van der Waals surface area contributed by atoms with Crippen molar-refractivity contribution in [1.82, 2.24) is 10.2 Å². The largest absolute Gasteiger partial charge is 0.353 e. The van der Waals surface area contributed by atoms with Crippen molar-refractivity contribution >= 4 is 11.8 Å². The summed E-state index contributed by atoms with van der Waals surface area (Å²) in [5.74, 6) is 0.168. The fraction of sp³-hybridized carbons (Fsp3) is 0.800. The molecule has 1 rings (SSSR count). The molecule has 0 spiro atoms. The number of carbonyl (C=O) groups excluding carboxylic acids is 2. The summed E-state index contributed by atoms with van der Waals surface area (Å²) < 4.78 is 0. The maximum absolute atomic E-state index is 11.9. The Morgan fingerprint density at radius 2 is 2.14 bits per heavy atom. The molecule has 4 heteroatoms. The molecule has 0 radical (unpaired) electrons. The van der Waals surface area contributed by atoms with Gasteiger partial charge in [0.25, 0.3) is 0 Å². The van der Waals surface area contributed by atoms with Gasteiger partial charge in [-0.2, -0.15) is 0 Å². The first-order chi connectivity index (χ1) is 6.69. The molecule has 1 heterocycles. The van der Waals surface area contributed by atoms with E-state index >= 15 is 0 Å². The zero-order valence-corrected chi connectivity index (χ0v) is 8.88. The molecule has 1 aliphatic heterocycles. The molecule has 0 aromatic carbocycles. The van der Waals surface area contributed by atoms with Gasteiger partial charge in [-0.25, -0.2) is 0 Å². The molecule has 0 unspecified atom stereocenters. The van der Waals surface area contributed by atoms with Crippen molar-refractivity contribution in [3.63, 3.8) is 0 Å². The van der Waals surface area contributed by atoms with Crippen LogP contribution in [0.4, 0.5) is 0 Å². The van der Waals surface area contributed by atoms with Crippen molar-refractivity contribution in [1.29, 1.82) is 0 Å². The van der Waals surface area contributed by atoms with Crippen molar-refractivity contribution in [2.24, 2.45) is 5.92 Å². The number of piperazine rings is 1. The van der Waals surface area contributed by atoms with Gasteiger partial charge in [-0.3, -0.25) is 9.59 Å². The topological polar surface area (TPSA) is 49.4 Å². The number of amides is 2. The van der Waals surface area contributed by atoms with E-state index in [1.54, 1.807) is 4.90 Å². The average Bonchev–Trinajstić information content (AvgIpc) is 2.19. The van der Waals surface area contributed by atoms with E-state index < -0.39 is 0 Å². The lowest BCUT2D eigenvalue weighted by atomic mass is 10.0. The lowest BCUT2D eigenvalue weighted by molar-refractivity contribution is -0.141. The molecule has 1 saturated heterocycles. The summed E-state index contributed by atoms with van der Waals surface area (Å²) in [7, 11) is 0. The molecule has 1 N–H and O–H groups in total. The number of nitrogens with one attached hydrogen (secondary N) is 1. The molecular weight excluding hydrogens is 180 g/mol. The van der Waals surface area contributed by atoms with Crippen LogP contribution in [0.2, 0.25) is 0 Å². The second-order valence-electron chi connectivity index (χ2n) is 3.62. The summed E-state index contributed by atoms with van der Waals surface area (Å²) in [5.41, 5.74) is 0. The van der Waals surface area contributed by atoms with Crippen LogP contribution in [0.25, 0.3) is 0 Å². The predicted molar refractivity (Wildman–Crippen MR) is 53.7 cm³/mol. The molecule has 0 aliphatic carbocycles. The fourth-order valence-electron chi connectivity index (χ4n) is 1.72. The quantitative estimate of drug-likeness (QED) is 0.712. The van der Waals surface area contributed by atoms with Crippen LogP contribution in [0.5, 0.6) is 0 Å². The van der Waals surface area contributed by atoms with E-state index in [1.165, 1.54) is 0 Å². The maximum Gasteiger partial charge on any atom is 0.239 e. The first-order valence-electron chi connectivity index (χ1n) is 5.24. The van der Waals surface area contributed by atoms with Gasteiger partial charge >= 0.3 is 0 Å². The van der Waals surface area contributed by atoms with Crippen LogP contribution < -0.4 is 5.32 Å². The SMILES string of the molecule is CCC(CC)C(=O)N1CCNC(=O)C1. The maximum atomic E-state index is 11.9. The van der Waals surface area contributed by atoms with Gasteiger partial charge in [-0.05, 0) is 12.8 Å². The highest BCUT2D eigenvalue weighted by Crippen LogP contribution is 2.12. The van der Waals surface area contributed by atoms with Crippen molar-refractivity contribution in [3.05, 3.63) is 0 Å². The molecule has 14 heavy (non-hydrogen) atoms. The minimum absolute atomic E-state index is 0.0458. The highest BCUT2D eigenvalue weighted by Gasteiger charge is 2.25. The standard InChI is InChI=1S/C10H18N2O2/c1-3-8(4-2)10(14)12-6-5-11-9(13)7-12/h8H,3-7H2,1-2H3,(H,11,13). The van der Waals surface area contributed by atoms with Crippen LogP contribution in [0, 0.1) is 5.92 Å². The van der Waals surface area contributed by atoms with E-state index in [2.05, 4.69) is 5.32 Å². The Kier molecular flexibility index (Phi) is 3.92. The Morgan fingerprint density at radius 3 is 2.64 bits per heavy atom.